The Morgan fingerprint density at radius 3 is 2.83 bits per heavy atom. The van der Waals surface area contributed by atoms with Crippen LogP contribution in [0, 0.1) is 5.92 Å². The Labute approximate surface area is 74.5 Å². The summed E-state index contributed by atoms with van der Waals surface area (Å²) >= 11 is 0. The van der Waals surface area contributed by atoms with E-state index in [0.29, 0.717) is 0 Å². The summed E-state index contributed by atoms with van der Waals surface area (Å²) in [6.45, 7) is 7.53. The van der Waals surface area contributed by atoms with Crippen LogP contribution in [0.15, 0.2) is 0 Å². The summed E-state index contributed by atoms with van der Waals surface area (Å²) in [5, 5.41) is 15.7. The van der Waals surface area contributed by atoms with E-state index in [9.17, 15) is 0 Å². The molecule has 1 saturated heterocycles. The first-order valence-corrected chi connectivity index (χ1v) is 4.71. The number of rotatable bonds is 4. The molecular weight excluding hydrogens is 152 g/mol. The predicted molar refractivity (Wildman–Crippen MR) is 50.1 cm³/mol. The summed E-state index contributed by atoms with van der Waals surface area (Å²) in [7, 11) is 0. The van der Waals surface area contributed by atoms with Crippen LogP contribution < -0.4 is 10.6 Å². The van der Waals surface area contributed by atoms with Gasteiger partial charge in [0, 0.05) is 5.54 Å². The van der Waals surface area contributed by atoms with Gasteiger partial charge in [-0.3, -0.25) is 0 Å². The molecule has 0 amide bonds. The lowest BCUT2D eigenvalue weighted by Crippen LogP contribution is -2.45. The molecule has 0 aromatic rings. The van der Waals surface area contributed by atoms with E-state index in [0.717, 1.165) is 25.6 Å². The molecule has 1 heterocycles. The van der Waals surface area contributed by atoms with Crippen molar-refractivity contribution in [1.29, 1.82) is 0 Å². The highest BCUT2D eigenvalue weighted by Gasteiger charge is 2.19. The largest absolute Gasteiger partial charge is 0.394 e. The lowest BCUT2D eigenvalue weighted by molar-refractivity contribution is 0.184. The van der Waals surface area contributed by atoms with E-state index in [2.05, 4.69) is 10.6 Å². The molecule has 0 aromatic heterocycles. The smallest absolute Gasteiger partial charge is 0.0607 e. The second kappa shape index (κ2) is 4.21. The van der Waals surface area contributed by atoms with Crippen LogP contribution in [0.1, 0.15) is 20.3 Å². The van der Waals surface area contributed by atoms with Gasteiger partial charge in [-0.25, -0.2) is 0 Å². The van der Waals surface area contributed by atoms with Crippen molar-refractivity contribution in [3.8, 4) is 0 Å². The fourth-order valence-corrected chi connectivity index (χ4v) is 1.37. The lowest BCUT2D eigenvalue weighted by atomic mass is 10.0. The van der Waals surface area contributed by atoms with Crippen molar-refractivity contribution in [2.24, 2.45) is 5.92 Å². The van der Waals surface area contributed by atoms with Gasteiger partial charge in [-0.2, -0.15) is 0 Å². The molecule has 0 spiro atoms. The molecule has 0 bridgehead atoms. The standard InChI is InChI=1S/C9H20N2O/c1-9(2,7-12)11-6-8-3-4-10-5-8/h8,10-12H,3-7H2,1-2H3. The highest BCUT2D eigenvalue weighted by atomic mass is 16.3. The Kier molecular flexibility index (Phi) is 3.50. The normalized spacial score (nSPS) is 24.8. The van der Waals surface area contributed by atoms with Gasteiger partial charge in [-0.05, 0) is 45.8 Å². The van der Waals surface area contributed by atoms with Gasteiger partial charge in [-0.15, -0.1) is 0 Å². The van der Waals surface area contributed by atoms with E-state index >= 15 is 0 Å². The maximum atomic E-state index is 8.99. The van der Waals surface area contributed by atoms with Crippen LogP contribution in [0.4, 0.5) is 0 Å². The van der Waals surface area contributed by atoms with Crippen LogP contribution in [-0.4, -0.2) is 36.9 Å². The molecule has 1 rings (SSSR count). The van der Waals surface area contributed by atoms with Gasteiger partial charge in [0.1, 0.15) is 0 Å². The Balaban J connectivity index is 2.15. The van der Waals surface area contributed by atoms with Gasteiger partial charge in [0.25, 0.3) is 0 Å². The van der Waals surface area contributed by atoms with Gasteiger partial charge in [0.2, 0.25) is 0 Å². The molecule has 1 aliphatic rings. The Hall–Kier alpha value is -0.120. The fraction of sp³-hybridized carbons (Fsp3) is 1.00. The third-order valence-corrected chi connectivity index (χ3v) is 2.43. The first-order chi connectivity index (χ1) is 5.64. The van der Waals surface area contributed by atoms with Gasteiger partial charge in [-0.1, -0.05) is 0 Å². The van der Waals surface area contributed by atoms with Crippen molar-refractivity contribution in [2.75, 3.05) is 26.2 Å². The average molecular weight is 172 g/mol. The number of aliphatic hydroxyl groups is 1. The summed E-state index contributed by atoms with van der Waals surface area (Å²) < 4.78 is 0. The second-order valence-corrected chi connectivity index (χ2v) is 4.28. The predicted octanol–water partition coefficient (Wildman–Crippen LogP) is -0.0436. The number of hydrogen-bond acceptors (Lipinski definition) is 3. The number of nitrogens with one attached hydrogen (secondary N) is 2. The molecule has 1 atom stereocenters. The van der Waals surface area contributed by atoms with E-state index in [1.807, 2.05) is 13.8 Å². The molecule has 1 fully saturated rings. The highest BCUT2D eigenvalue weighted by molar-refractivity contribution is 4.80. The van der Waals surface area contributed by atoms with Gasteiger partial charge >= 0.3 is 0 Å². The molecule has 3 nitrogen and oxygen atoms in total. The Morgan fingerprint density at radius 2 is 2.33 bits per heavy atom. The zero-order chi connectivity index (χ0) is 9.03. The van der Waals surface area contributed by atoms with Crippen molar-refractivity contribution >= 4 is 0 Å². The van der Waals surface area contributed by atoms with Gasteiger partial charge in [0.15, 0.2) is 0 Å². The third-order valence-electron chi connectivity index (χ3n) is 2.43. The summed E-state index contributed by atoms with van der Waals surface area (Å²) in [5.41, 5.74) is -0.122. The third kappa shape index (κ3) is 3.09. The first-order valence-electron chi connectivity index (χ1n) is 4.71. The maximum absolute atomic E-state index is 8.99. The summed E-state index contributed by atoms with van der Waals surface area (Å²) in [6.07, 6.45) is 1.26. The topological polar surface area (TPSA) is 44.3 Å². The molecule has 3 N–H and O–H groups in total. The highest BCUT2D eigenvalue weighted by Crippen LogP contribution is 2.08. The number of aliphatic hydroxyl groups excluding tert-OH is 1. The Morgan fingerprint density at radius 1 is 1.58 bits per heavy atom. The summed E-state index contributed by atoms with van der Waals surface area (Å²) in [5.74, 6) is 0.746. The van der Waals surface area contributed by atoms with Gasteiger partial charge in [0.05, 0.1) is 6.61 Å². The van der Waals surface area contributed by atoms with Crippen LogP contribution in [0.25, 0.3) is 0 Å². The van der Waals surface area contributed by atoms with Crippen LogP contribution in [0.5, 0.6) is 0 Å². The van der Waals surface area contributed by atoms with E-state index in [1.165, 1.54) is 6.42 Å². The summed E-state index contributed by atoms with van der Waals surface area (Å²) in [4.78, 5) is 0. The first kappa shape index (κ1) is 9.96. The lowest BCUT2D eigenvalue weighted by Gasteiger charge is -2.25. The zero-order valence-corrected chi connectivity index (χ0v) is 8.06. The van der Waals surface area contributed by atoms with Crippen LogP contribution in [0.3, 0.4) is 0 Å². The zero-order valence-electron chi connectivity index (χ0n) is 8.06. The van der Waals surface area contributed by atoms with Crippen LogP contribution >= 0.6 is 0 Å². The van der Waals surface area contributed by atoms with Crippen molar-refractivity contribution in [1.82, 2.24) is 10.6 Å². The molecular formula is C9H20N2O. The fourth-order valence-electron chi connectivity index (χ4n) is 1.37. The minimum Gasteiger partial charge on any atom is -0.394 e. The Bertz CT molecular complexity index is 130. The number of hydrogen-bond donors (Lipinski definition) is 3. The average Bonchev–Trinajstić information content (AvgIpc) is 2.53. The molecule has 72 valence electrons. The van der Waals surface area contributed by atoms with Gasteiger partial charge < -0.3 is 15.7 Å². The summed E-state index contributed by atoms with van der Waals surface area (Å²) in [6, 6.07) is 0. The molecule has 12 heavy (non-hydrogen) atoms. The van der Waals surface area contributed by atoms with E-state index in [1.54, 1.807) is 0 Å². The maximum Gasteiger partial charge on any atom is 0.0607 e. The molecule has 1 unspecified atom stereocenters. The molecule has 0 aromatic carbocycles. The van der Waals surface area contributed by atoms with Crippen molar-refractivity contribution < 1.29 is 5.11 Å². The quantitative estimate of drug-likeness (QED) is 0.557. The molecule has 3 heteroatoms. The second-order valence-electron chi connectivity index (χ2n) is 4.28. The molecule has 0 radical (unpaired) electrons. The molecule has 0 aliphatic carbocycles. The van der Waals surface area contributed by atoms with Crippen molar-refractivity contribution in [3.63, 3.8) is 0 Å². The van der Waals surface area contributed by atoms with Crippen LogP contribution in [-0.2, 0) is 0 Å². The molecule has 1 aliphatic heterocycles. The minimum absolute atomic E-state index is 0.122. The monoisotopic (exact) mass is 172 g/mol. The van der Waals surface area contributed by atoms with E-state index in [4.69, 9.17) is 5.11 Å². The van der Waals surface area contributed by atoms with Crippen LogP contribution in [0.2, 0.25) is 0 Å². The van der Waals surface area contributed by atoms with Crippen molar-refractivity contribution in [3.05, 3.63) is 0 Å². The SMILES string of the molecule is CC(C)(CO)NCC1CCNC1. The van der Waals surface area contributed by atoms with Crippen molar-refractivity contribution in [2.45, 2.75) is 25.8 Å². The minimum atomic E-state index is -0.122. The van der Waals surface area contributed by atoms with E-state index < -0.39 is 0 Å². The van der Waals surface area contributed by atoms with E-state index in [-0.39, 0.29) is 12.1 Å². The molecule has 0 saturated carbocycles.